The number of ether oxygens (including phenoxy) is 2. The van der Waals surface area contributed by atoms with Gasteiger partial charge in [-0.3, -0.25) is 14.7 Å². The van der Waals surface area contributed by atoms with Crippen molar-refractivity contribution in [3.05, 3.63) is 53.2 Å². The van der Waals surface area contributed by atoms with E-state index in [1.807, 2.05) is 6.07 Å². The fourth-order valence-electron chi connectivity index (χ4n) is 2.91. The summed E-state index contributed by atoms with van der Waals surface area (Å²) < 4.78 is 11.9. The van der Waals surface area contributed by atoms with Crippen molar-refractivity contribution < 1.29 is 19.1 Å². The van der Waals surface area contributed by atoms with Gasteiger partial charge in [0.05, 0.1) is 23.8 Å². The van der Waals surface area contributed by atoms with Gasteiger partial charge in [-0.2, -0.15) is 5.26 Å². The second-order valence-electron chi connectivity index (χ2n) is 6.37. The minimum atomic E-state index is -0.486. The molecular formula is C21H21N5O4. The number of aromatic nitrogens is 3. The van der Waals surface area contributed by atoms with E-state index in [9.17, 15) is 9.59 Å². The first-order valence-electron chi connectivity index (χ1n) is 9.41. The number of rotatable bonds is 8. The van der Waals surface area contributed by atoms with Gasteiger partial charge in [-0.05, 0) is 37.6 Å². The second kappa shape index (κ2) is 9.62. The molecule has 0 aliphatic rings. The predicted octanol–water partition coefficient (Wildman–Crippen LogP) is 2.77. The lowest BCUT2D eigenvalue weighted by atomic mass is 10.1. The number of nitrogens with one attached hydrogen (secondary N) is 1. The minimum Gasteiger partial charge on any atom is -0.462 e. The third kappa shape index (κ3) is 4.61. The first-order valence-corrected chi connectivity index (χ1v) is 9.41. The van der Waals surface area contributed by atoms with Crippen LogP contribution in [0.15, 0.2) is 36.5 Å². The Bertz CT molecular complexity index is 1120. The van der Waals surface area contributed by atoms with E-state index in [0.29, 0.717) is 47.8 Å². The molecule has 0 atom stereocenters. The van der Waals surface area contributed by atoms with Crippen LogP contribution in [0.5, 0.6) is 0 Å². The molecule has 1 amide bonds. The fourth-order valence-corrected chi connectivity index (χ4v) is 2.91. The van der Waals surface area contributed by atoms with E-state index in [4.69, 9.17) is 14.7 Å². The number of hydrogen-bond donors (Lipinski definition) is 1. The van der Waals surface area contributed by atoms with Gasteiger partial charge in [0.15, 0.2) is 5.65 Å². The van der Waals surface area contributed by atoms with Gasteiger partial charge >= 0.3 is 5.97 Å². The molecule has 3 rings (SSSR count). The van der Waals surface area contributed by atoms with Crippen LogP contribution >= 0.6 is 0 Å². The monoisotopic (exact) mass is 407 g/mol. The third-order valence-corrected chi connectivity index (χ3v) is 4.31. The Morgan fingerprint density at radius 2 is 2.10 bits per heavy atom. The van der Waals surface area contributed by atoms with Crippen LogP contribution in [0.2, 0.25) is 0 Å². The standard InChI is InChI=1S/C21H21N5O4/c1-3-30-20(28)16-11-17-18(23-13-16)26(8-5-9-29-2)21(24-17)25-19(27)15-7-4-6-14(10-15)12-22/h4,6-7,10-11,13H,3,5,8-9H2,1-2H3,(H,24,25,27). The number of esters is 1. The van der Waals surface area contributed by atoms with Crippen molar-refractivity contribution in [2.45, 2.75) is 19.9 Å². The summed E-state index contributed by atoms with van der Waals surface area (Å²) in [5.74, 6) is -0.595. The molecule has 3 aromatic rings. The van der Waals surface area contributed by atoms with Crippen molar-refractivity contribution in [2.75, 3.05) is 25.6 Å². The SMILES string of the molecule is CCOC(=O)c1cnc2c(c1)nc(NC(=O)c1cccc(C#N)c1)n2CCCOC. The van der Waals surface area contributed by atoms with Crippen molar-refractivity contribution in [3.8, 4) is 6.07 Å². The molecule has 30 heavy (non-hydrogen) atoms. The average Bonchev–Trinajstić information content (AvgIpc) is 3.10. The van der Waals surface area contributed by atoms with Crippen molar-refractivity contribution in [1.82, 2.24) is 14.5 Å². The first-order chi connectivity index (χ1) is 14.6. The van der Waals surface area contributed by atoms with Gasteiger partial charge in [0.2, 0.25) is 5.95 Å². The molecule has 0 saturated heterocycles. The van der Waals surface area contributed by atoms with Gasteiger partial charge in [0.25, 0.3) is 5.91 Å². The van der Waals surface area contributed by atoms with Gasteiger partial charge in [-0.25, -0.2) is 14.8 Å². The number of carbonyl (C=O) groups is 2. The van der Waals surface area contributed by atoms with Crippen LogP contribution in [0, 0.1) is 11.3 Å². The normalized spacial score (nSPS) is 10.6. The van der Waals surface area contributed by atoms with E-state index in [2.05, 4.69) is 15.3 Å². The summed E-state index contributed by atoms with van der Waals surface area (Å²) in [5, 5.41) is 11.8. The summed E-state index contributed by atoms with van der Waals surface area (Å²) >= 11 is 0. The molecule has 0 saturated carbocycles. The van der Waals surface area contributed by atoms with Gasteiger partial charge < -0.3 is 9.47 Å². The third-order valence-electron chi connectivity index (χ3n) is 4.31. The Labute approximate surface area is 173 Å². The van der Waals surface area contributed by atoms with Crippen molar-refractivity contribution in [2.24, 2.45) is 0 Å². The number of nitrogens with zero attached hydrogens (tertiary/aromatic N) is 4. The summed E-state index contributed by atoms with van der Waals surface area (Å²) in [6.07, 6.45) is 2.10. The number of amides is 1. The van der Waals surface area contributed by atoms with Crippen molar-refractivity contribution in [1.29, 1.82) is 5.26 Å². The number of aryl methyl sites for hydroxylation is 1. The van der Waals surface area contributed by atoms with E-state index in [1.54, 1.807) is 42.9 Å². The topological polar surface area (TPSA) is 119 Å². The molecule has 1 aromatic carbocycles. The Morgan fingerprint density at radius 1 is 1.27 bits per heavy atom. The molecule has 9 nitrogen and oxygen atoms in total. The maximum atomic E-state index is 12.7. The number of benzene rings is 1. The predicted molar refractivity (Wildman–Crippen MR) is 109 cm³/mol. The van der Waals surface area contributed by atoms with E-state index in [1.165, 1.54) is 12.3 Å². The second-order valence-corrected chi connectivity index (χ2v) is 6.37. The molecule has 2 heterocycles. The zero-order chi connectivity index (χ0) is 21.5. The number of fused-ring (bicyclic) bond motifs is 1. The highest BCUT2D eigenvalue weighted by atomic mass is 16.5. The number of imidazole rings is 1. The number of hydrogen-bond acceptors (Lipinski definition) is 7. The Balaban J connectivity index is 1.96. The summed E-state index contributed by atoms with van der Waals surface area (Å²) in [5.41, 5.74) is 1.99. The summed E-state index contributed by atoms with van der Waals surface area (Å²) in [7, 11) is 1.61. The van der Waals surface area contributed by atoms with Crippen molar-refractivity contribution >= 4 is 29.0 Å². The Kier molecular flexibility index (Phi) is 6.72. The lowest BCUT2D eigenvalue weighted by Crippen LogP contribution is -2.16. The van der Waals surface area contributed by atoms with Crippen LogP contribution < -0.4 is 5.32 Å². The lowest BCUT2D eigenvalue weighted by molar-refractivity contribution is 0.0526. The zero-order valence-corrected chi connectivity index (χ0v) is 16.7. The highest BCUT2D eigenvalue weighted by Crippen LogP contribution is 2.21. The molecule has 0 radical (unpaired) electrons. The summed E-state index contributed by atoms with van der Waals surface area (Å²) in [4.78, 5) is 33.5. The Morgan fingerprint density at radius 3 is 2.83 bits per heavy atom. The van der Waals surface area contributed by atoms with Crippen LogP contribution in [0.4, 0.5) is 5.95 Å². The summed E-state index contributed by atoms with van der Waals surface area (Å²) in [6.45, 7) is 3.01. The smallest absolute Gasteiger partial charge is 0.339 e. The highest BCUT2D eigenvalue weighted by Gasteiger charge is 2.18. The fraction of sp³-hybridized carbons (Fsp3) is 0.286. The van der Waals surface area contributed by atoms with E-state index < -0.39 is 11.9 Å². The van der Waals surface area contributed by atoms with Crippen LogP contribution in [0.25, 0.3) is 11.2 Å². The molecule has 1 N–H and O–H groups in total. The molecule has 154 valence electrons. The van der Waals surface area contributed by atoms with Crippen LogP contribution in [0.1, 0.15) is 39.6 Å². The van der Waals surface area contributed by atoms with Gasteiger partial charge in [0, 0.05) is 32.0 Å². The van der Waals surface area contributed by atoms with Crippen LogP contribution in [-0.4, -0.2) is 46.7 Å². The highest BCUT2D eigenvalue weighted by molar-refractivity contribution is 6.04. The number of anilines is 1. The maximum Gasteiger partial charge on any atom is 0.339 e. The molecule has 0 unspecified atom stereocenters. The Hall–Kier alpha value is -3.77. The maximum absolute atomic E-state index is 12.7. The van der Waals surface area contributed by atoms with E-state index >= 15 is 0 Å². The molecule has 0 aliphatic heterocycles. The summed E-state index contributed by atoms with van der Waals surface area (Å²) in [6, 6.07) is 9.98. The van der Waals surface area contributed by atoms with Gasteiger partial charge in [-0.15, -0.1) is 0 Å². The average molecular weight is 407 g/mol. The molecule has 9 heteroatoms. The number of carbonyl (C=O) groups excluding carboxylic acids is 2. The molecular weight excluding hydrogens is 386 g/mol. The quantitative estimate of drug-likeness (QED) is 0.450. The van der Waals surface area contributed by atoms with Crippen LogP contribution in [0.3, 0.4) is 0 Å². The largest absolute Gasteiger partial charge is 0.462 e. The van der Waals surface area contributed by atoms with E-state index in [0.717, 1.165) is 0 Å². The van der Waals surface area contributed by atoms with Crippen molar-refractivity contribution in [3.63, 3.8) is 0 Å². The molecule has 0 fully saturated rings. The number of nitriles is 1. The van der Waals surface area contributed by atoms with Gasteiger partial charge in [-0.1, -0.05) is 6.07 Å². The lowest BCUT2D eigenvalue weighted by Gasteiger charge is -2.09. The van der Waals surface area contributed by atoms with Crippen LogP contribution in [-0.2, 0) is 16.0 Å². The minimum absolute atomic E-state index is 0.255. The number of methoxy groups -OCH3 is 1. The van der Waals surface area contributed by atoms with E-state index in [-0.39, 0.29) is 12.2 Å². The molecule has 0 bridgehead atoms. The number of pyridine rings is 1. The molecule has 0 spiro atoms. The molecule has 0 aliphatic carbocycles. The van der Waals surface area contributed by atoms with Gasteiger partial charge in [0.1, 0.15) is 5.52 Å². The molecule has 2 aromatic heterocycles. The first kappa shape index (κ1) is 21.0. The zero-order valence-electron chi connectivity index (χ0n) is 16.7.